The number of rotatable bonds is 5. The first-order chi connectivity index (χ1) is 10.0. The van der Waals surface area contributed by atoms with Crippen LogP contribution in [0.1, 0.15) is 24.0 Å². The van der Waals surface area contributed by atoms with Gasteiger partial charge in [-0.3, -0.25) is 4.79 Å². The molecule has 1 aromatic carbocycles. The van der Waals surface area contributed by atoms with Gasteiger partial charge in [-0.2, -0.15) is 5.26 Å². The van der Waals surface area contributed by atoms with Gasteiger partial charge in [-0.15, -0.1) is 0 Å². The molecule has 0 saturated heterocycles. The number of amides is 1. The Morgan fingerprint density at radius 1 is 1.24 bits per heavy atom. The highest BCUT2D eigenvalue weighted by molar-refractivity contribution is 5.87. The molecule has 0 saturated carbocycles. The van der Waals surface area contributed by atoms with Gasteiger partial charge in [-0.1, -0.05) is 0 Å². The van der Waals surface area contributed by atoms with Gasteiger partial charge in [-0.05, 0) is 42.6 Å². The monoisotopic (exact) mass is 287 g/mol. The summed E-state index contributed by atoms with van der Waals surface area (Å²) in [5, 5.41) is 12.3. The summed E-state index contributed by atoms with van der Waals surface area (Å²) in [5.41, 5.74) is 18.8. The number of fused-ring (bicyclic) bond motifs is 1. The molecule has 1 aromatic rings. The van der Waals surface area contributed by atoms with Crippen molar-refractivity contribution in [3.63, 3.8) is 0 Å². The van der Waals surface area contributed by atoms with Crippen molar-refractivity contribution in [2.45, 2.75) is 25.7 Å². The number of nitrogens with two attached hydrogens (primary N) is 3. The van der Waals surface area contributed by atoms with Gasteiger partial charge >= 0.3 is 0 Å². The molecule has 0 spiro atoms. The minimum absolute atomic E-state index is 0.227. The lowest BCUT2D eigenvalue weighted by molar-refractivity contribution is -0.127. The fraction of sp³-hybridized carbons (Fsp3) is 0.467. The van der Waals surface area contributed by atoms with Crippen LogP contribution >= 0.6 is 0 Å². The van der Waals surface area contributed by atoms with E-state index < -0.39 is 5.41 Å². The smallest absolute Gasteiger partial charge is 0.241 e. The van der Waals surface area contributed by atoms with E-state index in [-0.39, 0.29) is 5.91 Å². The molecule has 2 rings (SSSR count). The third-order valence-corrected chi connectivity index (χ3v) is 3.95. The van der Waals surface area contributed by atoms with Crippen LogP contribution in [0, 0.1) is 16.7 Å². The van der Waals surface area contributed by atoms with Gasteiger partial charge in [0.25, 0.3) is 0 Å². The van der Waals surface area contributed by atoms with Gasteiger partial charge in [0.2, 0.25) is 5.91 Å². The van der Waals surface area contributed by atoms with E-state index >= 15 is 0 Å². The predicted octanol–water partition coefficient (Wildman–Crippen LogP) is 0.315. The van der Waals surface area contributed by atoms with Crippen LogP contribution in [0.4, 0.5) is 11.4 Å². The Bertz CT molecular complexity index is 559. The molecule has 1 amide bonds. The number of benzene rings is 1. The van der Waals surface area contributed by atoms with E-state index in [1.54, 1.807) is 12.1 Å². The molecule has 0 fully saturated rings. The Morgan fingerprint density at radius 3 is 2.29 bits per heavy atom. The number of unbranched alkanes of at least 4 members (excludes halogenated alkanes) is 1. The van der Waals surface area contributed by atoms with E-state index in [4.69, 9.17) is 17.2 Å². The summed E-state index contributed by atoms with van der Waals surface area (Å²) in [7, 11) is 0. The third-order valence-electron chi connectivity index (χ3n) is 3.95. The lowest BCUT2D eigenvalue weighted by Crippen LogP contribution is -2.41. The van der Waals surface area contributed by atoms with Crippen molar-refractivity contribution in [1.82, 2.24) is 5.32 Å². The first kappa shape index (κ1) is 15.1. The van der Waals surface area contributed by atoms with Gasteiger partial charge in [0, 0.05) is 19.4 Å². The van der Waals surface area contributed by atoms with Crippen molar-refractivity contribution in [3.05, 3.63) is 23.3 Å². The predicted molar refractivity (Wildman–Crippen MR) is 82.0 cm³/mol. The van der Waals surface area contributed by atoms with Crippen LogP contribution in [-0.4, -0.2) is 19.0 Å². The summed E-state index contributed by atoms with van der Waals surface area (Å²) in [5.74, 6) is -0.227. The molecule has 0 heterocycles. The molecule has 0 bridgehead atoms. The van der Waals surface area contributed by atoms with Crippen LogP contribution in [-0.2, 0) is 17.6 Å². The van der Waals surface area contributed by atoms with Crippen molar-refractivity contribution in [1.29, 1.82) is 5.26 Å². The number of nitrogens with zero attached hydrogens (tertiary/aromatic N) is 1. The minimum Gasteiger partial charge on any atom is -0.397 e. The van der Waals surface area contributed by atoms with Crippen LogP contribution in [0.5, 0.6) is 0 Å². The number of nitrogens with one attached hydrogen (secondary N) is 1. The van der Waals surface area contributed by atoms with Gasteiger partial charge in [0.15, 0.2) is 0 Å². The lowest BCUT2D eigenvalue weighted by atomic mass is 9.85. The fourth-order valence-electron chi connectivity index (χ4n) is 2.70. The number of hydrogen-bond donors (Lipinski definition) is 4. The second-order valence-corrected chi connectivity index (χ2v) is 5.55. The molecule has 7 N–H and O–H groups in total. The van der Waals surface area contributed by atoms with Crippen LogP contribution in [0.25, 0.3) is 0 Å². The molecule has 6 heteroatoms. The molecule has 0 aliphatic heterocycles. The third kappa shape index (κ3) is 2.93. The maximum absolute atomic E-state index is 12.4. The molecular formula is C15H21N5O. The molecule has 1 aliphatic rings. The molecule has 0 radical (unpaired) electrons. The van der Waals surface area contributed by atoms with Crippen LogP contribution in [0.2, 0.25) is 0 Å². The normalized spacial score (nSPS) is 15.2. The fourth-order valence-corrected chi connectivity index (χ4v) is 2.70. The second kappa shape index (κ2) is 6.02. The zero-order chi connectivity index (χ0) is 15.5. The Hall–Kier alpha value is -2.26. The maximum Gasteiger partial charge on any atom is 0.241 e. The summed E-state index contributed by atoms with van der Waals surface area (Å²) in [6.07, 6.45) is 2.43. The summed E-state index contributed by atoms with van der Waals surface area (Å²) in [4.78, 5) is 12.4. The van der Waals surface area contributed by atoms with Crippen molar-refractivity contribution in [2.24, 2.45) is 11.1 Å². The average molecular weight is 287 g/mol. The zero-order valence-corrected chi connectivity index (χ0v) is 12.0. The van der Waals surface area contributed by atoms with E-state index in [1.807, 2.05) is 0 Å². The Kier molecular flexibility index (Phi) is 4.34. The molecular weight excluding hydrogens is 266 g/mol. The summed E-state index contributed by atoms with van der Waals surface area (Å²) in [6.45, 7) is 1.14. The largest absolute Gasteiger partial charge is 0.397 e. The van der Waals surface area contributed by atoms with Gasteiger partial charge < -0.3 is 22.5 Å². The number of carbonyl (C=O) groups is 1. The standard InChI is InChI=1S/C15H21N5O/c16-3-1-2-4-20-14(21)15(9-17)7-10-5-12(18)13(19)6-11(10)8-15/h5-6H,1-4,7-8,16,18-19H2,(H,20,21). The highest BCUT2D eigenvalue weighted by atomic mass is 16.2. The summed E-state index contributed by atoms with van der Waals surface area (Å²) < 4.78 is 0. The molecule has 0 aromatic heterocycles. The summed E-state index contributed by atoms with van der Waals surface area (Å²) >= 11 is 0. The molecule has 112 valence electrons. The van der Waals surface area contributed by atoms with Crippen molar-refractivity contribution in [3.8, 4) is 6.07 Å². The average Bonchev–Trinajstić information content (AvgIpc) is 2.83. The number of carbonyl (C=O) groups excluding carboxylic acids is 1. The Balaban J connectivity index is 2.11. The van der Waals surface area contributed by atoms with Crippen LogP contribution in [0.15, 0.2) is 12.1 Å². The minimum atomic E-state index is -1.05. The molecule has 21 heavy (non-hydrogen) atoms. The first-order valence-electron chi connectivity index (χ1n) is 7.09. The van der Waals surface area contributed by atoms with Gasteiger partial charge in [0.1, 0.15) is 5.41 Å². The molecule has 0 unspecified atom stereocenters. The number of hydrogen-bond acceptors (Lipinski definition) is 5. The lowest BCUT2D eigenvalue weighted by Gasteiger charge is -2.19. The Labute approximate surface area is 124 Å². The zero-order valence-electron chi connectivity index (χ0n) is 12.0. The van der Waals surface area contributed by atoms with E-state index in [1.165, 1.54) is 0 Å². The quantitative estimate of drug-likeness (QED) is 0.457. The van der Waals surface area contributed by atoms with Crippen molar-refractivity contribution >= 4 is 17.3 Å². The van der Waals surface area contributed by atoms with Crippen LogP contribution < -0.4 is 22.5 Å². The van der Waals surface area contributed by atoms with E-state index in [0.717, 1.165) is 24.0 Å². The SMILES string of the molecule is N#CC1(C(=O)NCCCCN)Cc2cc(N)c(N)cc2C1. The highest BCUT2D eigenvalue weighted by Crippen LogP contribution is 2.39. The van der Waals surface area contributed by atoms with E-state index in [9.17, 15) is 10.1 Å². The number of nitriles is 1. The van der Waals surface area contributed by atoms with E-state index in [2.05, 4.69) is 11.4 Å². The molecule has 1 aliphatic carbocycles. The highest BCUT2D eigenvalue weighted by Gasteiger charge is 2.44. The van der Waals surface area contributed by atoms with Crippen molar-refractivity contribution < 1.29 is 4.79 Å². The Morgan fingerprint density at radius 2 is 1.81 bits per heavy atom. The summed E-state index contributed by atoms with van der Waals surface area (Å²) in [6, 6.07) is 5.72. The number of nitrogen functional groups attached to an aromatic ring is 2. The molecule has 0 atom stereocenters. The topological polar surface area (TPSA) is 131 Å². The molecule has 6 nitrogen and oxygen atoms in total. The maximum atomic E-state index is 12.4. The first-order valence-corrected chi connectivity index (χ1v) is 7.09. The van der Waals surface area contributed by atoms with Gasteiger partial charge in [0.05, 0.1) is 17.4 Å². The van der Waals surface area contributed by atoms with E-state index in [0.29, 0.717) is 37.3 Å². The van der Waals surface area contributed by atoms with Gasteiger partial charge in [-0.25, -0.2) is 0 Å². The second-order valence-electron chi connectivity index (χ2n) is 5.55. The number of anilines is 2. The van der Waals surface area contributed by atoms with Crippen LogP contribution in [0.3, 0.4) is 0 Å². The van der Waals surface area contributed by atoms with Crippen molar-refractivity contribution in [2.75, 3.05) is 24.6 Å².